The number of benzene rings is 1. The van der Waals surface area contributed by atoms with Gasteiger partial charge in [0.25, 0.3) is 0 Å². The minimum Gasteiger partial charge on any atom is -0.325 e. The third kappa shape index (κ3) is 4.06. The summed E-state index contributed by atoms with van der Waals surface area (Å²) < 4.78 is 1.78. The first kappa shape index (κ1) is 17.4. The fourth-order valence-corrected chi connectivity index (χ4v) is 3.58. The van der Waals surface area contributed by atoms with Gasteiger partial charge in [0.05, 0.1) is 17.4 Å². The van der Waals surface area contributed by atoms with Crippen LogP contribution in [0.4, 0.5) is 5.69 Å². The Hall–Kier alpha value is -2.99. The van der Waals surface area contributed by atoms with E-state index in [1.807, 2.05) is 61.7 Å². The van der Waals surface area contributed by atoms with Gasteiger partial charge in [-0.05, 0) is 62.7 Å². The van der Waals surface area contributed by atoms with Crippen molar-refractivity contribution in [1.82, 2.24) is 19.7 Å². The molecule has 6 heteroatoms. The lowest BCUT2D eigenvalue weighted by atomic mass is 10.2. The van der Waals surface area contributed by atoms with E-state index in [2.05, 4.69) is 20.3 Å². The van der Waals surface area contributed by atoms with Gasteiger partial charge in [0.1, 0.15) is 0 Å². The van der Waals surface area contributed by atoms with Crippen LogP contribution < -0.4 is 5.32 Å². The van der Waals surface area contributed by atoms with Gasteiger partial charge in [0.2, 0.25) is 5.91 Å². The van der Waals surface area contributed by atoms with Gasteiger partial charge >= 0.3 is 0 Å². The summed E-state index contributed by atoms with van der Waals surface area (Å²) in [6.45, 7) is 3.61. The van der Waals surface area contributed by atoms with E-state index in [1.54, 1.807) is 10.9 Å². The van der Waals surface area contributed by atoms with Crippen molar-refractivity contribution in [1.29, 1.82) is 0 Å². The number of nitrogens with zero attached hydrogens (tertiary/aromatic N) is 4. The van der Waals surface area contributed by atoms with E-state index in [1.165, 1.54) is 0 Å². The average molecular weight is 361 g/mol. The standard InChI is InChI=1S/C21H23N5O/c1-16-6-2-8-18(23-16)15-25-12-4-10-20(25)21(27)24-17-7-3-9-19(14-17)26-13-5-11-22-26/h2-3,5-9,11,13-14,20H,4,10,12,15H2,1H3,(H,24,27)/t20-/m1/s1. The summed E-state index contributed by atoms with van der Waals surface area (Å²) in [6, 6.07) is 15.5. The maximum atomic E-state index is 12.9. The highest BCUT2D eigenvalue weighted by Gasteiger charge is 2.30. The molecule has 27 heavy (non-hydrogen) atoms. The van der Waals surface area contributed by atoms with Crippen molar-refractivity contribution in [2.45, 2.75) is 32.4 Å². The Kier molecular flexibility index (Phi) is 4.98. The molecule has 1 aromatic carbocycles. The Balaban J connectivity index is 1.45. The number of hydrogen-bond acceptors (Lipinski definition) is 4. The zero-order valence-electron chi connectivity index (χ0n) is 15.4. The largest absolute Gasteiger partial charge is 0.325 e. The van der Waals surface area contributed by atoms with Crippen molar-refractivity contribution < 1.29 is 4.79 Å². The van der Waals surface area contributed by atoms with Crippen LogP contribution in [0.2, 0.25) is 0 Å². The zero-order valence-corrected chi connectivity index (χ0v) is 15.4. The Morgan fingerprint density at radius 1 is 1.22 bits per heavy atom. The van der Waals surface area contributed by atoms with Gasteiger partial charge in [0, 0.05) is 30.3 Å². The molecule has 0 spiro atoms. The molecule has 6 nitrogen and oxygen atoms in total. The Bertz CT molecular complexity index is 922. The number of carbonyl (C=O) groups is 1. The van der Waals surface area contributed by atoms with Crippen LogP contribution in [-0.2, 0) is 11.3 Å². The maximum absolute atomic E-state index is 12.9. The third-order valence-electron chi connectivity index (χ3n) is 4.86. The van der Waals surface area contributed by atoms with Crippen LogP contribution in [0, 0.1) is 6.92 Å². The maximum Gasteiger partial charge on any atom is 0.241 e. The molecule has 138 valence electrons. The normalized spacial score (nSPS) is 17.1. The number of amides is 1. The number of anilines is 1. The summed E-state index contributed by atoms with van der Waals surface area (Å²) in [5.41, 5.74) is 3.72. The first-order valence-corrected chi connectivity index (χ1v) is 9.26. The quantitative estimate of drug-likeness (QED) is 0.758. The molecule has 1 saturated heterocycles. The molecular weight excluding hydrogens is 338 g/mol. The van der Waals surface area contributed by atoms with E-state index >= 15 is 0 Å². The molecule has 0 radical (unpaired) electrons. The molecule has 4 rings (SSSR count). The SMILES string of the molecule is Cc1cccc(CN2CCC[C@@H]2C(=O)Nc2cccc(-n3cccn3)c2)n1. The number of rotatable bonds is 5. The number of likely N-dealkylation sites (tertiary alicyclic amines) is 1. The van der Waals surface area contributed by atoms with E-state index in [9.17, 15) is 4.79 Å². The number of aromatic nitrogens is 3. The lowest BCUT2D eigenvalue weighted by molar-refractivity contribution is -0.120. The summed E-state index contributed by atoms with van der Waals surface area (Å²) in [4.78, 5) is 19.7. The Labute approximate surface area is 158 Å². The molecule has 0 aliphatic carbocycles. The first-order valence-electron chi connectivity index (χ1n) is 9.26. The third-order valence-corrected chi connectivity index (χ3v) is 4.86. The van der Waals surface area contributed by atoms with Crippen molar-refractivity contribution in [2.75, 3.05) is 11.9 Å². The Morgan fingerprint density at radius 2 is 2.11 bits per heavy atom. The highest BCUT2D eigenvalue weighted by molar-refractivity contribution is 5.95. The second-order valence-corrected chi connectivity index (χ2v) is 6.89. The van der Waals surface area contributed by atoms with Crippen LogP contribution in [0.15, 0.2) is 60.9 Å². The first-order chi connectivity index (χ1) is 13.2. The molecule has 1 fully saturated rings. The van der Waals surface area contributed by atoms with Gasteiger partial charge in [-0.1, -0.05) is 12.1 Å². The van der Waals surface area contributed by atoms with Crippen molar-refractivity contribution in [3.8, 4) is 5.69 Å². The number of carbonyl (C=O) groups excluding carboxylic acids is 1. The van der Waals surface area contributed by atoms with E-state index < -0.39 is 0 Å². The summed E-state index contributed by atoms with van der Waals surface area (Å²) in [7, 11) is 0. The second-order valence-electron chi connectivity index (χ2n) is 6.89. The van der Waals surface area contributed by atoms with E-state index in [-0.39, 0.29) is 11.9 Å². The second kappa shape index (κ2) is 7.72. The molecule has 1 atom stereocenters. The minimum absolute atomic E-state index is 0.0396. The van der Waals surface area contributed by atoms with Crippen LogP contribution in [-0.4, -0.2) is 38.2 Å². The predicted molar refractivity (Wildman–Crippen MR) is 105 cm³/mol. The van der Waals surface area contributed by atoms with Crippen LogP contribution in [0.3, 0.4) is 0 Å². The van der Waals surface area contributed by atoms with Crippen molar-refractivity contribution in [3.05, 3.63) is 72.3 Å². The molecule has 1 aliphatic heterocycles. The summed E-state index contributed by atoms with van der Waals surface area (Å²) in [5, 5.41) is 7.31. The van der Waals surface area contributed by atoms with E-state index in [4.69, 9.17) is 0 Å². The summed E-state index contributed by atoms with van der Waals surface area (Å²) in [5.74, 6) is 0.0396. The smallest absolute Gasteiger partial charge is 0.241 e. The zero-order chi connectivity index (χ0) is 18.6. The number of nitrogens with one attached hydrogen (secondary N) is 1. The van der Waals surface area contributed by atoms with Crippen LogP contribution in [0.25, 0.3) is 5.69 Å². The van der Waals surface area contributed by atoms with Crippen LogP contribution >= 0.6 is 0 Å². The number of pyridine rings is 1. The highest BCUT2D eigenvalue weighted by Crippen LogP contribution is 2.22. The van der Waals surface area contributed by atoms with Crippen molar-refractivity contribution in [2.24, 2.45) is 0 Å². The van der Waals surface area contributed by atoms with Crippen LogP contribution in [0.5, 0.6) is 0 Å². The molecule has 3 aromatic rings. The van der Waals surface area contributed by atoms with Crippen molar-refractivity contribution in [3.63, 3.8) is 0 Å². The summed E-state index contributed by atoms with van der Waals surface area (Å²) >= 11 is 0. The van der Waals surface area contributed by atoms with Gasteiger partial charge < -0.3 is 5.32 Å². The van der Waals surface area contributed by atoms with Gasteiger partial charge in [0.15, 0.2) is 0 Å². The minimum atomic E-state index is -0.124. The predicted octanol–water partition coefficient (Wildman–Crippen LogP) is 3.18. The molecule has 1 amide bonds. The summed E-state index contributed by atoms with van der Waals surface area (Å²) in [6.07, 6.45) is 5.52. The number of hydrogen-bond donors (Lipinski definition) is 1. The van der Waals surface area contributed by atoms with E-state index in [0.717, 1.165) is 42.1 Å². The molecule has 3 heterocycles. The molecule has 1 aliphatic rings. The van der Waals surface area contributed by atoms with Crippen LogP contribution in [0.1, 0.15) is 24.2 Å². The molecule has 2 aromatic heterocycles. The lowest BCUT2D eigenvalue weighted by Gasteiger charge is -2.23. The van der Waals surface area contributed by atoms with Gasteiger partial charge in [-0.25, -0.2) is 4.68 Å². The molecular formula is C21H23N5O. The van der Waals surface area contributed by atoms with Gasteiger partial charge in [-0.3, -0.25) is 14.7 Å². The topological polar surface area (TPSA) is 63.1 Å². The number of aryl methyl sites for hydroxylation is 1. The highest BCUT2D eigenvalue weighted by atomic mass is 16.2. The lowest BCUT2D eigenvalue weighted by Crippen LogP contribution is -2.39. The molecule has 1 N–H and O–H groups in total. The van der Waals surface area contributed by atoms with Crippen molar-refractivity contribution >= 4 is 11.6 Å². The van der Waals surface area contributed by atoms with Gasteiger partial charge in [-0.15, -0.1) is 0 Å². The fourth-order valence-electron chi connectivity index (χ4n) is 3.58. The van der Waals surface area contributed by atoms with E-state index in [0.29, 0.717) is 6.54 Å². The Morgan fingerprint density at radius 3 is 2.93 bits per heavy atom. The fraction of sp³-hybridized carbons (Fsp3) is 0.286. The van der Waals surface area contributed by atoms with Gasteiger partial charge in [-0.2, -0.15) is 5.10 Å². The average Bonchev–Trinajstić information content (AvgIpc) is 3.34. The monoisotopic (exact) mass is 361 g/mol. The molecule has 0 bridgehead atoms. The molecule has 0 saturated carbocycles. The molecule has 0 unspecified atom stereocenters.